The number of carbonyl (C=O) groups is 2. The van der Waals surface area contributed by atoms with E-state index in [4.69, 9.17) is 4.52 Å². The van der Waals surface area contributed by atoms with Gasteiger partial charge in [-0.05, 0) is 18.1 Å². The molecule has 1 aromatic heterocycles. The van der Waals surface area contributed by atoms with Crippen molar-refractivity contribution in [2.45, 2.75) is 32.2 Å². The van der Waals surface area contributed by atoms with Gasteiger partial charge in [0, 0.05) is 25.9 Å². The van der Waals surface area contributed by atoms with E-state index in [1.807, 2.05) is 24.3 Å². The van der Waals surface area contributed by atoms with Crippen LogP contribution < -0.4 is 0 Å². The molecule has 1 N–H and O–H groups in total. The number of benzene rings is 1. The number of hydrogen-bond donors (Lipinski definition) is 1. The molecule has 1 aliphatic rings. The highest BCUT2D eigenvalue weighted by Crippen LogP contribution is 2.28. The number of carboxylic acids is 1. The monoisotopic (exact) mass is 315 g/mol. The van der Waals surface area contributed by atoms with Crippen molar-refractivity contribution in [1.29, 1.82) is 0 Å². The Kier molecular flexibility index (Phi) is 4.10. The highest BCUT2D eigenvalue weighted by molar-refractivity contribution is 5.81. The van der Waals surface area contributed by atoms with Crippen molar-refractivity contribution < 1.29 is 19.2 Å². The van der Waals surface area contributed by atoms with Crippen LogP contribution in [0.15, 0.2) is 28.8 Å². The standard InChI is InChI=1S/C16H17N3O4/c1-10-17-14(23-18-10)6-7-15(20)19-8-11-4-2-3-5-12(11)13(9-19)16(21)22/h2-5,13H,6-9H2,1H3,(H,21,22). The second kappa shape index (κ2) is 6.20. The lowest BCUT2D eigenvalue weighted by molar-refractivity contribution is -0.141. The second-order valence-electron chi connectivity index (χ2n) is 5.60. The molecule has 0 aliphatic carbocycles. The first-order valence-electron chi connectivity index (χ1n) is 7.42. The van der Waals surface area contributed by atoms with E-state index in [-0.39, 0.29) is 18.9 Å². The van der Waals surface area contributed by atoms with Crippen LogP contribution >= 0.6 is 0 Å². The van der Waals surface area contributed by atoms with Crippen molar-refractivity contribution in [1.82, 2.24) is 15.0 Å². The van der Waals surface area contributed by atoms with Crippen LogP contribution in [0.5, 0.6) is 0 Å². The molecule has 3 rings (SSSR count). The molecule has 1 atom stereocenters. The average Bonchev–Trinajstić information content (AvgIpc) is 2.96. The Labute approximate surface area is 132 Å². The minimum absolute atomic E-state index is 0.110. The van der Waals surface area contributed by atoms with Gasteiger partial charge in [-0.25, -0.2) is 0 Å². The van der Waals surface area contributed by atoms with Crippen molar-refractivity contribution in [3.63, 3.8) is 0 Å². The zero-order valence-electron chi connectivity index (χ0n) is 12.7. The van der Waals surface area contributed by atoms with Crippen LogP contribution in [0.25, 0.3) is 0 Å². The van der Waals surface area contributed by atoms with Crippen LogP contribution in [0.4, 0.5) is 0 Å². The molecular weight excluding hydrogens is 298 g/mol. The molecule has 1 unspecified atom stereocenters. The topological polar surface area (TPSA) is 96.5 Å². The fraction of sp³-hybridized carbons (Fsp3) is 0.375. The molecule has 0 fully saturated rings. The lowest BCUT2D eigenvalue weighted by atomic mass is 9.89. The summed E-state index contributed by atoms with van der Waals surface area (Å²) in [6.07, 6.45) is 0.575. The van der Waals surface area contributed by atoms with Crippen molar-refractivity contribution in [3.8, 4) is 0 Å². The molecule has 2 aromatic rings. The van der Waals surface area contributed by atoms with Crippen LogP contribution in [-0.2, 0) is 22.6 Å². The van der Waals surface area contributed by atoms with Crippen molar-refractivity contribution in [2.75, 3.05) is 6.54 Å². The Hall–Kier alpha value is -2.70. The molecule has 7 heteroatoms. The van der Waals surface area contributed by atoms with Gasteiger partial charge < -0.3 is 14.5 Å². The fourth-order valence-electron chi connectivity index (χ4n) is 2.82. The van der Waals surface area contributed by atoms with E-state index in [1.54, 1.807) is 11.8 Å². The number of amides is 1. The van der Waals surface area contributed by atoms with Crippen LogP contribution in [0, 0.1) is 6.92 Å². The van der Waals surface area contributed by atoms with Gasteiger partial charge in [-0.3, -0.25) is 9.59 Å². The number of rotatable bonds is 4. The van der Waals surface area contributed by atoms with Gasteiger partial charge in [0.2, 0.25) is 11.8 Å². The maximum Gasteiger partial charge on any atom is 0.312 e. The molecule has 7 nitrogen and oxygen atoms in total. The molecule has 0 saturated carbocycles. The average molecular weight is 315 g/mol. The quantitative estimate of drug-likeness (QED) is 0.919. The van der Waals surface area contributed by atoms with Gasteiger partial charge >= 0.3 is 5.97 Å². The summed E-state index contributed by atoms with van der Waals surface area (Å²) in [4.78, 5) is 29.5. The van der Waals surface area contributed by atoms with Crippen LogP contribution in [0.1, 0.15) is 35.2 Å². The van der Waals surface area contributed by atoms with Crippen molar-refractivity contribution in [3.05, 3.63) is 47.1 Å². The van der Waals surface area contributed by atoms with E-state index in [2.05, 4.69) is 10.1 Å². The highest BCUT2D eigenvalue weighted by Gasteiger charge is 2.32. The van der Waals surface area contributed by atoms with E-state index in [1.165, 1.54) is 0 Å². The van der Waals surface area contributed by atoms with Gasteiger partial charge in [-0.2, -0.15) is 4.98 Å². The van der Waals surface area contributed by atoms with Gasteiger partial charge in [0.15, 0.2) is 5.82 Å². The van der Waals surface area contributed by atoms with E-state index >= 15 is 0 Å². The number of carboxylic acid groups (broad SMARTS) is 1. The van der Waals surface area contributed by atoms with Gasteiger partial charge in [-0.1, -0.05) is 29.4 Å². The number of carbonyl (C=O) groups excluding carboxylic acids is 1. The molecule has 0 spiro atoms. The zero-order valence-corrected chi connectivity index (χ0v) is 12.7. The molecule has 0 radical (unpaired) electrons. The summed E-state index contributed by atoms with van der Waals surface area (Å²) in [5, 5.41) is 13.1. The van der Waals surface area contributed by atoms with Gasteiger partial charge in [0.1, 0.15) is 0 Å². The first-order chi connectivity index (χ1) is 11.0. The van der Waals surface area contributed by atoms with Crippen LogP contribution in [-0.4, -0.2) is 38.6 Å². The minimum atomic E-state index is -0.914. The van der Waals surface area contributed by atoms with E-state index in [9.17, 15) is 14.7 Å². The van der Waals surface area contributed by atoms with Crippen molar-refractivity contribution in [2.24, 2.45) is 0 Å². The number of aryl methyl sites for hydroxylation is 2. The third-order valence-corrected chi connectivity index (χ3v) is 3.97. The number of nitrogens with zero attached hydrogens (tertiary/aromatic N) is 3. The molecule has 2 heterocycles. The van der Waals surface area contributed by atoms with E-state index in [0.717, 1.165) is 11.1 Å². The summed E-state index contributed by atoms with van der Waals surface area (Å²) in [6, 6.07) is 7.36. The molecule has 23 heavy (non-hydrogen) atoms. The number of aromatic nitrogens is 2. The van der Waals surface area contributed by atoms with Crippen LogP contribution in [0.2, 0.25) is 0 Å². The predicted molar refractivity (Wildman–Crippen MR) is 79.6 cm³/mol. The summed E-state index contributed by atoms with van der Waals surface area (Å²) in [6.45, 7) is 2.34. The van der Waals surface area contributed by atoms with Gasteiger partial charge in [-0.15, -0.1) is 0 Å². The Morgan fingerprint density at radius 3 is 2.87 bits per heavy atom. The summed E-state index contributed by atoms with van der Waals surface area (Å²) in [5.74, 6) is -0.757. The highest BCUT2D eigenvalue weighted by atomic mass is 16.5. The Morgan fingerprint density at radius 1 is 1.39 bits per heavy atom. The minimum Gasteiger partial charge on any atom is -0.481 e. The van der Waals surface area contributed by atoms with Gasteiger partial charge in [0.05, 0.1) is 5.92 Å². The smallest absolute Gasteiger partial charge is 0.312 e. The molecule has 0 saturated heterocycles. The number of fused-ring (bicyclic) bond motifs is 1. The largest absolute Gasteiger partial charge is 0.481 e. The zero-order chi connectivity index (χ0) is 16.4. The second-order valence-corrected chi connectivity index (χ2v) is 5.60. The Morgan fingerprint density at radius 2 is 2.17 bits per heavy atom. The molecule has 1 aliphatic heterocycles. The lowest BCUT2D eigenvalue weighted by Crippen LogP contribution is -2.40. The molecule has 1 amide bonds. The SMILES string of the molecule is Cc1noc(CCC(=O)N2Cc3ccccc3C(C(=O)O)C2)n1. The summed E-state index contributed by atoms with van der Waals surface area (Å²) >= 11 is 0. The van der Waals surface area contributed by atoms with Gasteiger partial charge in [0.25, 0.3) is 0 Å². The molecule has 120 valence electrons. The molecular formula is C16H17N3O4. The first kappa shape index (κ1) is 15.2. The van der Waals surface area contributed by atoms with E-state index in [0.29, 0.717) is 24.7 Å². The predicted octanol–water partition coefficient (Wildman–Crippen LogP) is 1.52. The van der Waals surface area contributed by atoms with Crippen molar-refractivity contribution >= 4 is 11.9 Å². The third kappa shape index (κ3) is 3.23. The maximum atomic E-state index is 12.4. The molecule has 1 aromatic carbocycles. The Balaban J connectivity index is 1.71. The molecule has 0 bridgehead atoms. The summed E-state index contributed by atoms with van der Waals surface area (Å²) in [7, 11) is 0. The fourth-order valence-corrected chi connectivity index (χ4v) is 2.82. The summed E-state index contributed by atoms with van der Waals surface area (Å²) < 4.78 is 4.99. The maximum absolute atomic E-state index is 12.4. The Bertz CT molecular complexity index is 740. The van der Waals surface area contributed by atoms with Crippen LogP contribution in [0.3, 0.4) is 0 Å². The summed E-state index contributed by atoms with van der Waals surface area (Å²) in [5.41, 5.74) is 1.67. The third-order valence-electron chi connectivity index (χ3n) is 3.97. The normalized spacial score (nSPS) is 16.9. The first-order valence-corrected chi connectivity index (χ1v) is 7.42. The van der Waals surface area contributed by atoms with E-state index < -0.39 is 11.9 Å². The number of hydrogen-bond acceptors (Lipinski definition) is 5. The lowest BCUT2D eigenvalue weighted by Gasteiger charge is -2.32. The number of aliphatic carboxylic acids is 1.